The lowest BCUT2D eigenvalue weighted by Gasteiger charge is -2.44. The first-order valence-electron chi connectivity index (χ1n) is 11.0. The minimum atomic E-state index is -0.262. The Hall–Kier alpha value is -2.75. The number of aromatic nitrogens is 3. The molecular formula is C23H25ClN6O2S. The molecule has 1 amide bonds. The number of rotatable bonds is 6. The van der Waals surface area contributed by atoms with Crippen LogP contribution in [0.4, 0.5) is 16.6 Å². The molecule has 2 N–H and O–H groups in total. The summed E-state index contributed by atoms with van der Waals surface area (Å²) >= 11 is 7.46. The topological polar surface area (TPSA) is 92.3 Å². The van der Waals surface area contributed by atoms with Crippen LogP contribution in [0.5, 0.6) is 5.88 Å². The number of thiazole rings is 1. The number of anilines is 3. The number of carbonyl (C=O) groups is 1. The largest absolute Gasteiger partial charge is 0.473 e. The molecule has 172 valence electrons. The lowest BCUT2D eigenvalue weighted by atomic mass is 9.86. The number of fused-ring (bicyclic) bond motifs is 3. The number of nitrogens with one attached hydrogen (secondary N) is 2. The van der Waals surface area contributed by atoms with Gasteiger partial charge >= 0.3 is 0 Å². The molecule has 0 spiro atoms. The quantitative estimate of drug-likeness (QED) is 0.525. The average Bonchev–Trinajstić information content (AvgIpc) is 3.25. The zero-order valence-corrected chi connectivity index (χ0v) is 20.0. The standard InChI is InChI=1S/C23H25ClN6O2S/c1-13-4-3-5-16(24)21(13)29-22(31)18-11-25-23(33-18)28-19-10-20(27-14(2)26-19)32-17-12-30-8-6-15(17)7-9-30/h3-5,10-11,15,17H,6-9,12H2,1-2H3,(H,29,31)(H,25,26,27,28). The normalized spacial score (nSPS) is 21.6. The second-order valence-electron chi connectivity index (χ2n) is 8.47. The van der Waals surface area contributed by atoms with Crippen molar-refractivity contribution in [2.75, 3.05) is 30.3 Å². The lowest BCUT2D eigenvalue weighted by Crippen LogP contribution is -2.52. The molecule has 8 nitrogen and oxygen atoms in total. The highest BCUT2D eigenvalue weighted by Gasteiger charge is 2.35. The van der Waals surface area contributed by atoms with E-state index < -0.39 is 0 Å². The van der Waals surface area contributed by atoms with E-state index in [1.807, 2.05) is 26.0 Å². The Labute approximate surface area is 201 Å². The van der Waals surface area contributed by atoms with Gasteiger partial charge in [0.05, 0.1) is 16.9 Å². The van der Waals surface area contributed by atoms with Gasteiger partial charge in [0, 0.05) is 12.6 Å². The maximum absolute atomic E-state index is 12.7. The van der Waals surface area contributed by atoms with Crippen molar-refractivity contribution in [2.24, 2.45) is 5.92 Å². The van der Waals surface area contributed by atoms with Crippen LogP contribution in [-0.4, -0.2) is 51.5 Å². The number of hydrogen-bond acceptors (Lipinski definition) is 8. The number of ether oxygens (including phenoxy) is 1. The fourth-order valence-corrected chi connectivity index (χ4v) is 5.36. The summed E-state index contributed by atoms with van der Waals surface area (Å²) in [4.78, 5) is 28.9. The summed E-state index contributed by atoms with van der Waals surface area (Å²) < 4.78 is 6.25. The van der Waals surface area contributed by atoms with Gasteiger partial charge in [-0.2, -0.15) is 4.98 Å². The molecule has 0 radical (unpaired) electrons. The summed E-state index contributed by atoms with van der Waals surface area (Å²) in [6, 6.07) is 7.28. The van der Waals surface area contributed by atoms with E-state index in [1.165, 1.54) is 30.4 Å². The van der Waals surface area contributed by atoms with Crippen molar-refractivity contribution in [1.29, 1.82) is 0 Å². The van der Waals surface area contributed by atoms with Crippen molar-refractivity contribution >= 4 is 45.5 Å². The van der Waals surface area contributed by atoms with E-state index in [2.05, 4.69) is 30.5 Å². The highest BCUT2D eigenvalue weighted by Crippen LogP contribution is 2.31. The van der Waals surface area contributed by atoms with Crippen LogP contribution >= 0.6 is 22.9 Å². The number of piperidine rings is 3. The van der Waals surface area contributed by atoms with Gasteiger partial charge in [-0.1, -0.05) is 35.1 Å². The van der Waals surface area contributed by atoms with E-state index in [4.69, 9.17) is 16.3 Å². The van der Waals surface area contributed by atoms with Crippen molar-refractivity contribution in [3.63, 3.8) is 0 Å². The predicted molar refractivity (Wildman–Crippen MR) is 130 cm³/mol. The second-order valence-corrected chi connectivity index (χ2v) is 9.91. The number of aryl methyl sites for hydroxylation is 2. The van der Waals surface area contributed by atoms with Gasteiger partial charge in [0.25, 0.3) is 5.91 Å². The third kappa shape index (κ3) is 4.95. The Morgan fingerprint density at radius 3 is 2.79 bits per heavy atom. The molecule has 0 saturated carbocycles. The van der Waals surface area contributed by atoms with Crippen molar-refractivity contribution in [2.45, 2.75) is 32.8 Å². The van der Waals surface area contributed by atoms with Gasteiger partial charge in [0.1, 0.15) is 22.6 Å². The maximum atomic E-state index is 12.7. The minimum absolute atomic E-state index is 0.165. The van der Waals surface area contributed by atoms with Crippen LogP contribution < -0.4 is 15.4 Å². The summed E-state index contributed by atoms with van der Waals surface area (Å²) in [7, 11) is 0. The first-order valence-corrected chi connectivity index (χ1v) is 12.2. The number of halogens is 1. The van der Waals surface area contributed by atoms with Crippen LogP contribution in [0.1, 0.15) is 33.9 Å². The molecule has 1 atom stereocenters. The lowest BCUT2D eigenvalue weighted by molar-refractivity contribution is -0.0100. The van der Waals surface area contributed by atoms with Gasteiger partial charge in [-0.25, -0.2) is 9.97 Å². The summed E-state index contributed by atoms with van der Waals surface area (Å²) in [5.74, 6) is 2.08. The summed E-state index contributed by atoms with van der Waals surface area (Å²) in [5, 5.41) is 7.11. The molecule has 3 aliphatic heterocycles. The molecule has 3 aromatic rings. The van der Waals surface area contributed by atoms with Gasteiger partial charge in [0.2, 0.25) is 5.88 Å². The van der Waals surface area contributed by atoms with Gasteiger partial charge in [-0.05, 0) is 57.3 Å². The van der Waals surface area contributed by atoms with Gasteiger partial charge < -0.3 is 15.4 Å². The average molecular weight is 485 g/mol. The molecule has 3 aliphatic rings. The van der Waals surface area contributed by atoms with Crippen LogP contribution in [-0.2, 0) is 0 Å². The predicted octanol–water partition coefficient (Wildman–Crippen LogP) is 4.67. The van der Waals surface area contributed by atoms with Gasteiger partial charge in [-0.3, -0.25) is 9.69 Å². The van der Waals surface area contributed by atoms with Crippen LogP contribution in [0.3, 0.4) is 0 Å². The number of amides is 1. The Morgan fingerprint density at radius 2 is 2.06 bits per heavy atom. The van der Waals surface area contributed by atoms with Crippen LogP contribution in [0.25, 0.3) is 0 Å². The number of benzene rings is 1. The maximum Gasteiger partial charge on any atom is 0.267 e. The highest BCUT2D eigenvalue weighted by molar-refractivity contribution is 7.17. The molecule has 2 aromatic heterocycles. The third-order valence-electron chi connectivity index (χ3n) is 6.11. The van der Waals surface area contributed by atoms with Crippen LogP contribution in [0, 0.1) is 19.8 Å². The zero-order valence-electron chi connectivity index (χ0n) is 18.5. The molecule has 1 aromatic carbocycles. The number of nitrogens with zero attached hydrogens (tertiary/aromatic N) is 4. The Kier molecular flexibility index (Phi) is 6.18. The van der Waals surface area contributed by atoms with Crippen molar-refractivity contribution in [3.05, 3.63) is 51.7 Å². The molecule has 6 rings (SSSR count). The second kappa shape index (κ2) is 9.24. The monoisotopic (exact) mass is 484 g/mol. The first-order chi connectivity index (χ1) is 15.9. The van der Waals surface area contributed by atoms with Gasteiger partial charge in [0.15, 0.2) is 5.13 Å². The minimum Gasteiger partial charge on any atom is -0.473 e. The van der Waals surface area contributed by atoms with E-state index in [0.29, 0.717) is 44.2 Å². The van der Waals surface area contributed by atoms with E-state index >= 15 is 0 Å². The van der Waals surface area contributed by atoms with E-state index in [9.17, 15) is 4.79 Å². The molecular weight excluding hydrogens is 460 g/mol. The molecule has 1 unspecified atom stereocenters. The zero-order chi connectivity index (χ0) is 22.9. The number of carbonyl (C=O) groups excluding carboxylic acids is 1. The number of para-hydroxylation sites is 1. The smallest absolute Gasteiger partial charge is 0.267 e. The van der Waals surface area contributed by atoms with Crippen LogP contribution in [0.2, 0.25) is 5.02 Å². The summed E-state index contributed by atoms with van der Waals surface area (Å²) in [6.07, 6.45) is 4.06. The SMILES string of the molecule is Cc1nc(Nc2ncc(C(=O)Nc3c(C)cccc3Cl)s2)cc(OC2CN3CCC2CC3)n1. The van der Waals surface area contributed by atoms with Crippen molar-refractivity contribution < 1.29 is 9.53 Å². The first kappa shape index (κ1) is 22.1. The third-order valence-corrected chi connectivity index (χ3v) is 7.33. The molecule has 10 heteroatoms. The van der Waals surface area contributed by atoms with Crippen molar-refractivity contribution in [3.8, 4) is 5.88 Å². The Morgan fingerprint density at radius 1 is 1.24 bits per heavy atom. The van der Waals surface area contributed by atoms with Gasteiger partial charge in [-0.15, -0.1) is 0 Å². The summed E-state index contributed by atoms with van der Waals surface area (Å²) in [6.45, 7) is 7.01. The molecule has 0 aliphatic carbocycles. The number of hydrogen-bond donors (Lipinski definition) is 2. The fraction of sp³-hybridized carbons (Fsp3) is 0.391. The summed E-state index contributed by atoms with van der Waals surface area (Å²) in [5.41, 5.74) is 1.50. The molecule has 5 heterocycles. The van der Waals surface area contributed by atoms with E-state index in [-0.39, 0.29) is 12.0 Å². The van der Waals surface area contributed by atoms with E-state index in [1.54, 1.807) is 12.1 Å². The molecule has 3 saturated heterocycles. The molecule has 2 bridgehead atoms. The Balaban J connectivity index is 1.27. The Bertz CT molecular complexity index is 1160. The molecule has 3 fully saturated rings. The molecule has 33 heavy (non-hydrogen) atoms. The highest BCUT2D eigenvalue weighted by atomic mass is 35.5. The van der Waals surface area contributed by atoms with Crippen LogP contribution in [0.15, 0.2) is 30.5 Å². The van der Waals surface area contributed by atoms with E-state index in [0.717, 1.165) is 25.2 Å². The van der Waals surface area contributed by atoms with Crippen molar-refractivity contribution in [1.82, 2.24) is 19.9 Å². The fourth-order valence-electron chi connectivity index (χ4n) is 4.38.